The minimum atomic E-state index is -3.70. The van der Waals surface area contributed by atoms with Crippen LogP contribution in [0.25, 0.3) is 0 Å². The van der Waals surface area contributed by atoms with Crippen LogP contribution in [0.15, 0.2) is 64.5 Å². The van der Waals surface area contributed by atoms with E-state index in [-0.39, 0.29) is 4.90 Å². The molecule has 0 bridgehead atoms. The maximum absolute atomic E-state index is 11.5. The van der Waals surface area contributed by atoms with Crippen molar-refractivity contribution in [3.8, 4) is 0 Å². The maximum atomic E-state index is 11.5. The third-order valence-corrected chi connectivity index (χ3v) is 6.05. The van der Waals surface area contributed by atoms with Crippen molar-refractivity contribution in [2.75, 3.05) is 20.1 Å². The molecule has 2 aromatic carbocycles. The predicted octanol–water partition coefficient (Wildman–Crippen LogP) is 1.66. The zero-order valence-corrected chi connectivity index (χ0v) is 17.5. The minimum Gasteiger partial charge on any atom is -0.355 e. The summed E-state index contributed by atoms with van der Waals surface area (Å²) in [4.78, 5) is 6.90. The number of nitrogens with zero attached hydrogens (tertiary/aromatic N) is 2. The predicted molar refractivity (Wildman–Crippen MR) is 116 cm³/mol. The van der Waals surface area contributed by atoms with Crippen molar-refractivity contribution in [3.05, 3.63) is 65.7 Å². The zero-order chi connectivity index (χ0) is 20.7. The molecule has 0 spiro atoms. The minimum absolute atomic E-state index is 0.113. The van der Waals surface area contributed by atoms with Gasteiger partial charge in [0.2, 0.25) is 10.0 Å². The molecule has 1 atom stereocenters. The maximum Gasteiger partial charge on any atom is 0.238 e. The summed E-state index contributed by atoms with van der Waals surface area (Å²) in [5.74, 6) is 0.692. The number of hydrogen-bond donors (Lipinski definition) is 3. The molecule has 1 saturated heterocycles. The summed E-state index contributed by atoms with van der Waals surface area (Å²) in [7, 11) is -1.97. The van der Waals surface area contributed by atoms with E-state index >= 15 is 0 Å². The van der Waals surface area contributed by atoms with Gasteiger partial charge in [0.25, 0.3) is 0 Å². The van der Waals surface area contributed by atoms with E-state index in [1.54, 1.807) is 19.2 Å². The molecule has 8 heteroatoms. The van der Waals surface area contributed by atoms with Crippen LogP contribution in [0.2, 0.25) is 0 Å². The van der Waals surface area contributed by atoms with Crippen molar-refractivity contribution in [1.29, 1.82) is 0 Å². The summed E-state index contributed by atoms with van der Waals surface area (Å²) in [6.07, 6.45) is 2.36. The fourth-order valence-electron chi connectivity index (χ4n) is 3.61. The number of nitrogens with two attached hydrogens (primary N) is 1. The number of benzene rings is 2. The van der Waals surface area contributed by atoms with Gasteiger partial charge in [0.1, 0.15) is 0 Å². The number of likely N-dealkylation sites (tertiary alicyclic amines) is 1. The Morgan fingerprint density at radius 2 is 1.90 bits per heavy atom. The second-order valence-electron chi connectivity index (χ2n) is 7.25. The lowest BCUT2D eigenvalue weighted by Gasteiger charge is -2.25. The highest BCUT2D eigenvalue weighted by atomic mass is 32.2. The molecule has 3 rings (SSSR count). The van der Waals surface area contributed by atoms with Crippen LogP contribution in [0.5, 0.6) is 0 Å². The van der Waals surface area contributed by atoms with Crippen molar-refractivity contribution in [3.63, 3.8) is 0 Å². The molecule has 1 aliphatic heterocycles. The SMILES string of the molecule is CN=C(NCc1cccc(S(N)(=O)=O)c1)NCC1CCCN1Cc1ccccc1. The second kappa shape index (κ2) is 9.87. The standard InChI is InChI=1S/C21H29N5O2S/c1-23-21(24-14-18-9-5-11-20(13-18)29(22,27)28)25-15-19-10-6-12-26(19)16-17-7-3-2-4-8-17/h2-5,7-9,11,13,19H,6,10,12,14-16H2,1H3,(H2,22,27,28)(H2,23,24,25). The van der Waals surface area contributed by atoms with Crippen molar-refractivity contribution >= 4 is 16.0 Å². The molecule has 1 heterocycles. The molecule has 0 saturated carbocycles. The third kappa shape index (κ3) is 6.28. The summed E-state index contributed by atoms with van der Waals surface area (Å²) in [6.45, 7) is 3.33. The Morgan fingerprint density at radius 3 is 2.62 bits per heavy atom. The first-order valence-electron chi connectivity index (χ1n) is 9.80. The van der Waals surface area contributed by atoms with Gasteiger partial charge in [-0.3, -0.25) is 9.89 Å². The Kier molecular flexibility index (Phi) is 7.24. The average molecular weight is 416 g/mol. The number of rotatable bonds is 7. The summed E-state index contributed by atoms with van der Waals surface area (Å²) in [5.41, 5.74) is 2.16. The molecule has 2 aromatic rings. The largest absolute Gasteiger partial charge is 0.355 e. The summed E-state index contributed by atoms with van der Waals surface area (Å²) in [5, 5.41) is 11.8. The van der Waals surface area contributed by atoms with Crippen LogP contribution in [-0.4, -0.2) is 45.5 Å². The highest BCUT2D eigenvalue weighted by Crippen LogP contribution is 2.19. The molecule has 0 aromatic heterocycles. The average Bonchev–Trinajstić information content (AvgIpc) is 3.15. The van der Waals surface area contributed by atoms with Crippen molar-refractivity contribution in [2.24, 2.45) is 10.1 Å². The summed E-state index contributed by atoms with van der Waals surface area (Å²) >= 11 is 0. The fourth-order valence-corrected chi connectivity index (χ4v) is 4.19. The molecular weight excluding hydrogens is 386 g/mol. The monoisotopic (exact) mass is 415 g/mol. The Morgan fingerprint density at radius 1 is 1.14 bits per heavy atom. The van der Waals surface area contributed by atoms with Crippen LogP contribution in [0, 0.1) is 0 Å². The lowest BCUT2D eigenvalue weighted by Crippen LogP contribution is -2.44. The molecule has 156 valence electrons. The molecule has 0 amide bonds. The van der Waals surface area contributed by atoms with E-state index in [0.29, 0.717) is 18.5 Å². The van der Waals surface area contributed by atoms with Crippen LogP contribution in [-0.2, 0) is 23.1 Å². The molecule has 0 aliphatic carbocycles. The first-order chi connectivity index (χ1) is 14.0. The van der Waals surface area contributed by atoms with Crippen LogP contribution in [0.4, 0.5) is 0 Å². The van der Waals surface area contributed by atoms with Gasteiger partial charge < -0.3 is 10.6 Å². The van der Waals surface area contributed by atoms with Gasteiger partial charge in [0, 0.05) is 32.7 Å². The van der Waals surface area contributed by atoms with Crippen molar-refractivity contribution in [1.82, 2.24) is 15.5 Å². The number of aliphatic imine (C=N–C) groups is 1. The van der Waals surface area contributed by atoms with E-state index < -0.39 is 10.0 Å². The second-order valence-corrected chi connectivity index (χ2v) is 8.81. The van der Waals surface area contributed by atoms with E-state index in [1.165, 1.54) is 18.1 Å². The van der Waals surface area contributed by atoms with Gasteiger partial charge >= 0.3 is 0 Å². The molecule has 29 heavy (non-hydrogen) atoms. The molecule has 7 nitrogen and oxygen atoms in total. The van der Waals surface area contributed by atoms with Crippen LogP contribution < -0.4 is 15.8 Å². The van der Waals surface area contributed by atoms with Gasteiger partial charge in [-0.2, -0.15) is 0 Å². The van der Waals surface area contributed by atoms with Gasteiger partial charge in [-0.1, -0.05) is 42.5 Å². The Hall–Kier alpha value is -2.42. The van der Waals surface area contributed by atoms with Gasteiger partial charge in [0.05, 0.1) is 4.90 Å². The zero-order valence-electron chi connectivity index (χ0n) is 16.7. The smallest absolute Gasteiger partial charge is 0.238 e. The lowest BCUT2D eigenvalue weighted by molar-refractivity contribution is 0.245. The first kappa shape index (κ1) is 21.3. The van der Waals surface area contributed by atoms with E-state index in [2.05, 4.69) is 44.8 Å². The molecule has 1 aliphatic rings. The normalized spacial score (nSPS) is 18.0. The number of primary sulfonamides is 1. The van der Waals surface area contributed by atoms with Crippen LogP contribution >= 0.6 is 0 Å². The molecule has 1 unspecified atom stereocenters. The van der Waals surface area contributed by atoms with Crippen molar-refractivity contribution < 1.29 is 8.42 Å². The summed E-state index contributed by atoms with van der Waals surface area (Å²) in [6, 6.07) is 17.6. The van der Waals surface area contributed by atoms with Crippen molar-refractivity contribution in [2.45, 2.75) is 36.9 Å². The van der Waals surface area contributed by atoms with E-state index in [1.807, 2.05) is 12.1 Å². The van der Waals surface area contributed by atoms with Gasteiger partial charge in [-0.15, -0.1) is 0 Å². The number of nitrogens with one attached hydrogen (secondary N) is 2. The Bertz CT molecular complexity index is 931. The van der Waals surface area contributed by atoms with Crippen LogP contribution in [0.3, 0.4) is 0 Å². The molecule has 4 N–H and O–H groups in total. The van der Waals surface area contributed by atoms with E-state index in [9.17, 15) is 8.42 Å². The third-order valence-electron chi connectivity index (χ3n) is 5.14. The highest BCUT2D eigenvalue weighted by Gasteiger charge is 2.24. The molecule has 0 radical (unpaired) electrons. The fraction of sp³-hybridized carbons (Fsp3) is 0.381. The Balaban J connectivity index is 1.51. The number of guanidine groups is 1. The topological polar surface area (TPSA) is 99.8 Å². The van der Waals surface area contributed by atoms with E-state index in [4.69, 9.17) is 5.14 Å². The first-order valence-corrected chi connectivity index (χ1v) is 11.3. The molecular formula is C21H29N5O2S. The number of hydrogen-bond acceptors (Lipinski definition) is 4. The molecule has 1 fully saturated rings. The van der Waals surface area contributed by atoms with Crippen LogP contribution in [0.1, 0.15) is 24.0 Å². The number of sulfonamides is 1. The van der Waals surface area contributed by atoms with Gasteiger partial charge in [-0.05, 0) is 42.6 Å². The van der Waals surface area contributed by atoms with E-state index in [0.717, 1.165) is 31.6 Å². The van der Waals surface area contributed by atoms with Gasteiger partial charge in [0.15, 0.2) is 5.96 Å². The quantitative estimate of drug-likeness (QED) is 0.472. The lowest BCUT2D eigenvalue weighted by atomic mass is 10.2. The highest BCUT2D eigenvalue weighted by molar-refractivity contribution is 7.89. The summed E-state index contributed by atoms with van der Waals surface area (Å²) < 4.78 is 23.0. The van der Waals surface area contributed by atoms with Gasteiger partial charge in [-0.25, -0.2) is 13.6 Å². The Labute approximate surface area is 173 Å².